The molecule has 1 heterocycles. The van der Waals surface area contributed by atoms with Gasteiger partial charge in [0.05, 0.1) is 16.2 Å². The Morgan fingerprint density at radius 2 is 1.52 bits per heavy atom. The average Bonchev–Trinajstić information content (AvgIpc) is 3.00. The van der Waals surface area contributed by atoms with Gasteiger partial charge >= 0.3 is 0 Å². The molecule has 4 nitrogen and oxygen atoms in total. The monoisotopic (exact) mass is 428 g/mol. The summed E-state index contributed by atoms with van der Waals surface area (Å²) in [6, 6.07) is 23.1. The van der Waals surface area contributed by atoms with E-state index in [-0.39, 0.29) is 11.8 Å². The van der Waals surface area contributed by atoms with Gasteiger partial charge in [-0.2, -0.15) is 0 Å². The van der Waals surface area contributed by atoms with Crippen molar-refractivity contribution in [2.24, 2.45) is 0 Å². The molecule has 0 aliphatic carbocycles. The molecule has 0 radical (unpaired) electrons. The van der Waals surface area contributed by atoms with E-state index in [1.54, 1.807) is 6.07 Å². The summed E-state index contributed by atoms with van der Waals surface area (Å²) in [6.45, 7) is 4.05. The summed E-state index contributed by atoms with van der Waals surface area (Å²) in [5.41, 5.74) is 4.96. The van der Waals surface area contributed by atoms with Gasteiger partial charge in [-0.3, -0.25) is 9.59 Å². The SMILES string of the molecule is Cc1ccc(C2=C(Sc3ccccc3)C(=O)N(c3cccc(N(C)C)c3)C2=O)cc1C. The second kappa shape index (κ2) is 8.44. The highest BCUT2D eigenvalue weighted by molar-refractivity contribution is 8.04. The van der Waals surface area contributed by atoms with Crippen LogP contribution in [0.4, 0.5) is 11.4 Å². The van der Waals surface area contributed by atoms with Gasteiger partial charge in [-0.05, 0) is 60.9 Å². The lowest BCUT2D eigenvalue weighted by Crippen LogP contribution is -2.31. The molecule has 0 unspecified atom stereocenters. The van der Waals surface area contributed by atoms with Crippen LogP contribution in [0, 0.1) is 13.8 Å². The quantitative estimate of drug-likeness (QED) is 0.507. The number of hydrogen-bond donors (Lipinski definition) is 0. The number of rotatable bonds is 5. The smallest absolute Gasteiger partial charge is 0.272 e. The maximum atomic E-state index is 13.6. The minimum Gasteiger partial charge on any atom is -0.378 e. The van der Waals surface area contributed by atoms with Crippen molar-refractivity contribution in [3.8, 4) is 0 Å². The Bertz CT molecular complexity index is 1200. The fraction of sp³-hybridized carbons (Fsp3) is 0.154. The second-order valence-electron chi connectivity index (χ2n) is 7.78. The highest BCUT2D eigenvalue weighted by atomic mass is 32.2. The van der Waals surface area contributed by atoms with Crippen molar-refractivity contribution in [3.05, 3.63) is 94.4 Å². The third-order valence-corrected chi connectivity index (χ3v) is 6.50. The van der Waals surface area contributed by atoms with Crippen LogP contribution >= 0.6 is 11.8 Å². The third-order valence-electron chi connectivity index (χ3n) is 5.40. The number of benzene rings is 3. The van der Waals surface area contributed by atoms with Gasteiger partial charge in [-0.1, -0.05) is 54.2 Å². The third kappa shape index (κ3) is 4.01. The minimum absolute atomic E-state index is 0.289. The van der Waals surface area contributed by atoms with Crippen molar-refractivity contribution in [2.75, 3.05) is 23.9 Å². The Hall–Kier alpha value is -3.31. The first-order chi connectivity index (χ1) is 14.9. The Morgan fingerprint density at radius 1 is 0.774 bits per heavy atom. The van der Waals surface area contributed by atoms with Gasteiger partial charge < -0.3 is 4.90 Å². The molecule has 0 saturated carbocycles. The fourth-order valence-corrected chi connectivity index (χ4v) is 4.52. The highest BCUT2D eigenvalue weighted by Gasteiger charge is 2.40. The molecule has 31 heavy (non-hydrogen) atoms. The Balaban J connectivity index is 1.84. The average molecular weight is 429 g/mol. The predicted octanol–water partition coefficient (Wildman–Crippen LogP) is 5.45. The van der Waals surface area contributed by atoms with Gasteiger partial charge in [0, 0.05) is 24.7 Å². The molecule has 1 aliphatic rings. The number of amides is 2. The van der Waals surface area contributed by atoms with Gasteiger partial charge in [0.2, 0.25) is 0 Å². The highest BCUT2D eigenvalue weighted by Crippen LogP contribution is 2.42. The molecule has 1 aliphatic heterocycles. The van der Waals surface area contributed by atoms with E-state index in [0.717, 1.165) is 27.3 Å². The van der Waals surface area contributed by atoms with E-state index in [9.17, 15) is 9.59 Å². The van der Waals surface area contributed by atoms with Crippen LogP contribution in [-0.4, -0.2) is 25.9 Å². The van der Waals surface area contributed by atoms with Crippen molar-refractivity contribution in [1.82, 2.24) is 0 Å². The van der Waals surface area contributed by atoms with Gasteiger partial charge in [0.1, 0.15) is 0 Å². The van der Waals surface area contributed by atoms with Crippen molar-refractivity contribution < 1.29 is 9.59 Å². The van der Waals surface area contributed by atoms with Crippen LogP contribution in [0.5, 0.6) is 0 Å². The number of thioether (sulfide) groups is 1. The van der Waals surface area contributed by atoms with Gasteiger partial charge in [-0.25, -0.2) is 4.90 Å². The maximum Gasteiger partial charge on any atom is 0.272 e. The molecule has 5 heteroatoms. The van der Waals surface area contributed by atoms with Gasteiger partial charge in [0.25, 0.3) is 11.8 Å². The Kier molecular flexibility index (Phi) is 5.70. The predicted molar refractivity (Wildman–Crippen MR) is 128 cm³/mol. The number of nitrogens with zero attached hydrogens (tertiary/aromatic N) is 2. The van der Waals surface area contributed by atoms with Crippen LogP contribution in [0.1, 0.15) is 16.7 Å². The Labute approximate surface area is 187 Å². The lowest BCUT2D eigenvalue weighted by molar-refractivity contribution is -0.119. The van der Waals surface area contributed by atoms with Crippen molar-refractivity contribution in [1.29, 1.82) is 0 Å². The van der Waals surface area contributed by atoms with E-state index in [1.165, 1.54) is 16.7 Å². The topological polar surface area (TPSA) is 40.6 Å². The molecule has 0 saturated heterocycles. The summed E-state index contributed by atoms with van der Waals surface area (Å²) in [5.74, 6) is -0.578. The molecular weight excluding hydrogens is 404 g/mol. The molecule has 156 valence electrons. The van der Waals surface area contributed by atoms with E-state index in [1.807, 2.05) is 99.6 Å². The molecule has 3 aromatic carbocycles. The molecule has 0 fully saturated rings. The largest absolute Gasteiger partial charge is 0.378 e. The first-order valence-corrected chi connectivity index (χ1v) is 10.9. The van der Waals surface area contributed by atoms with E-state index >= 15 is 0 Å². The maximum absolute atomic E-state index is 13.6. The number of aryl methyl sites for hydroxylation is 2. The summed E-state index contributed by atoms with van der Waals surface area (Å²) in [5, 5.41) is 0. The molecule has 0 N–H and O–H groups in total. The van der Waals surface area contributed by atoms with Crippen LogP contribution in [-0.2, 0) is 9.59 Å². The zero-order chi connectivity index (χ0) is 22.1. The number of anilines is 2. The van der Waals surface area contributed by atoms with Crippen LogP contribution < -0.4 is 9.80 Å². The molecule has 2 amide bonds. The number of carbonyl (C=O) groups excluding carboxylic acids is 2. The normalized spacial score (nSPS) is 13.9. The summed E-state index contributed by atoms with van der Waals surface area (Å²) in [7, 11) is 3.87. The van der Waals surface area contributed by atoms with Crippen LogP contribution in [0.25, 0.3) is 5.57 Å². The molecule has 0 spiro atoms. The van der Waals surface area contributed by atoms with Gasteiger partial charge in [0.15, 0.2) is 0 Å². The first-order valence-electron chi connectivity index (χ1n) is 10.1. The van der Waals surface area contributed by atoms with Crippen molar-refractivity contribution >= 4 is 40.5 Å². The second-order valence-corrected chi connectivity index (χ2v) is 8.86. The first kappa shape index (κ1) is 20.9. The molecule has 4 rings (SSSR count). The Morgan fingerprint density at radius 3 is 2.19 bits per heavy atom. The summed E-state index contributed by atoms with van der Waals surface area (Å²) < 4.78 is 0. The molecule has 0 aromatic heterocycles. The van der Waals surface area contributed by atoms with Crippen LogP contribution in [0.3, 0.4) is 0 Å². The van der Waals surface area contributed by atoms with Gasteiger partial charge in [-0.15, -0.1) is 0 Å². The van der Waals surface area contributed by atoms with E-state index in [0.29, 0.717) is 16.2 Å². The zero-order valence-corrected chi connectivity index (χ0v) is 18.9. The lowest BCUT2D eigenvalue weighted by Gasteiger charge is -2.19. The molecule has 3 aromatic rings. The molecular formula is C26H24N2O2S. The fourth-order valence-electron chi connectivity index (χ4n) is 3.51. The number of hydrogen-bond acceptors (Lipinski definition) is 4. The minimum atomic E-state index is -0.289. The number of imide groups is 1. The standard InChI is InChI=1S/C26H24N2O2S/c1-17-13-14-19(15-18(17)2)23-24(31-22-11-6-5-7-12-22)26(30)28(25(23)29)21-10-8-9-20(16-21)27(3)4/h5-16H,1-4H3. The summed E-state index contributed by atoms with van der Waals surface area (Å²) in [6.07, 6.45) is 0. The van der Waals surface area contributed by atoms with Crippen LogP contribution in [0.15, 0.2) is 82.6 Å². The van der Waals surface area contributed by atoms with E-state index < -0.39 is 0 Å². The zero-order valence-electron chi connectivity index (χ0n) is 18.0. The van der Waals surface area contributed by atoms with E-state index in [4.69, 9.17) is 0 Å². The molecule has 0 atom stereocenters. The summed E-state index contributed by atoms with van der Waals surface area (Å²) in [4.78, 5) is 31.8. The summed E-state index contributed by atoms with van der Waals surface area (Å²) >= 11 is 1.34. The van der Waals surface area contributed by atoms with Crippen molar-refractivity contribution in [3.63, 3.8) is 0 Å². The molecule has 0 bridgehead atoms. The number of carbonyl (C=O) groups is 2. The van der Waals surface area contributed by atoms with E-state index in [2.05, 4.69) is 0 Å². The van der Waals surface area contributed by atoms with Crippen LogP contribution in [0.2, 0.25) is 0 Å². The lowest BCUT2D eigenvalue weighted by atomic mass is 10.0. The van der Waals surface area contributed by atoms with Crippen molar-refractivity contribution in [2.45, 2.75) is 18.7 Å².